The molecule has 2 amide bonds. The van der Waals surface area contributed by atoms with Crippen molar-refractivity contribution in [2.24, 2.45) is 0 Å². The van der Waals surface area contributed by atoms with Gasteiger partial charge < -0.3 is 10.6 Å². The van der Waals surface area contributed by atoms with Crippen LogP contribution >= 0.6 is 0 Å². The zero-order chi connectivity index (χ0) is 16.1. The minimum absolute atomic E-state index is 0.426. The minimum Gasteiger partial charge on any atom is -0.318 e. The van der Waals surface area contributed by atoms with E-state index in [1.165, 1.54) is 5.56 Å². The van der Waals surface area contributed by atoms with Crippen LogP contribution in [0.4, 0.5) is 11.4 Å². The van der Waals surface area contributed by atoms with Gasteiger partial charge in [-0.15, -0.1) is 0 Å². The van der Waals surface area contributed by atoms with Crippen LogP contribution in [-0.2, 0) is 9.59 Å². The molecule has 0 aliphatic heterocycles. The Morgan fingerprint density at radius 2 is 1.18 bits per heavy atom. The summed E-state index contributed by atoms with van der Waals surface area (Å²) in [6, 6.07) is 14.8. The monoisotopic (exact) mass is 296 g/mol. The van der Waals surface area contributed by atoms with E-state index < -0.39 is 11.8 Å². The first-order valence-corrected chi connectivity index (χ1v) is 7.24. The summed E-state index contributed by atoms with van der Waals surface area (Å²) in [7, 11) is 0. The van der Waals surface area contributed by atoms with Crippen molar-refractivity contribution in [3.63, 3.8) is 0 Å². The van der Waals surface area contributed by atoms with Gasteiger partial charge in [0, 0.05) is 11.4 Å². The van der Waals surface area contributed by atoms with Gasteiger partial charge in [0.05, 0.1) is 0 Å². The topological polar surface area (TPSA) is 58.2 Å². The van der Waals surface area contributed by atoms with Gasteiger partial charge in [-0.05, 0) is 42.7 Å². The fourth-order valence-electron chi connectivity index (χ4n) is 1.96. The van der Waals surface area contributed by atoms with Crippen LogP contribution in [0.3, 0.4) is 0 Å². The van der Waals surface area contributed by atoms with Gasteiger partial charge in [0.25, 0.3) is 0 Å². The van der Waals surface area contributed by atoms with Gasteiger partial charge in [0.1, 0.15) is 0 Å². The zero-order valence-electron chi connectivity index (χ0n) is 13.0. The van der Waals surface area contributed by atoms with Gasteiger partial charge in [0.15, 0.2) is 0 Å². The highest BCUT2D eigenvalue weighted by molar-refractivity contribution is 6.43. The van der Waals surface area contributed by atoms with Gasteiger partial charge in [-0.2, -0.15) is 0 Å². The Bertz CT molecular complexity index is 658. The predicted molar refractivity (Wildman–Crippen MR) is 89.0 cm³/mol. The predicted octanol–water partition coefficient (Wildman–Crippen LogP) is 3.70. The highest BCUT2D eigenvalue weighted by Crippen LogP contribution is 2.17. The van der Waals surface area contributed by atoms with Crippen LogP contribution < -0.4 is 10.6 Å². The van der Waals surface area contributed by atoms with E-state index in [-0.39, 0.29) is 0 Å². The summed E-state index contributed by atoms with van der Waals surface area (Å²) in [5.41, 5.74) is 3.48. The summed E-state index contributed by atoms with van der Waals surface area (Å²) >= 11 is 0. The van der Waals surface area contributed by atoms with Crippen molar-refractivity contribution in [1.29, 1.82) is 0 Å². The summed E-state index contributed by atoms with van der Waals surface area (Å²) in [6.07, 6.45) is 0. The molecule has 0 atom stereocenters. The molecule has 0 radical (unpaired) electrons. The average Bonchev–Trinajstić information content (AvgIpc) is 2.50. The van der Waals surface area contributed by atoms with Gasteiger partial charge >= 0.3 is 11.8 Å². The van der Waals surface area contributed by atoms with Crippen LogP contribution in [-0.4, -0.2) is 11.8 Å². The van der Waals surface area contributed by atoms with E-state index in [0.717, 1.165) is 5.56 Å². The molecule has 2 aromatic rings. The lowest BCUT2D eigenvalue weighted by Gasteiger charge is -2.09. The lowest BCUT2D eigenvalue weighted by atomic mass is 10.0. The average molecular weight is 296 g/mol. The van der Waals surface area contributed by atoms with Crippen molar-refractivity contribution < 1.29 is 9.59 Å². The summed E-state index contributed by atoms with van der Waals surface area (Å²) < 4.78 is 0. The fraction of sp³-hybridized carbons (Fsp3) is 0.222. The third kappa shape index (κ3) is 4.19. The van der Waals surface area contributed by atoms with Crippen LogP contribution in [0.5, 0.6) is 0 Å². The van der Waals surface area contributed by atoms with Gasteiger partial charge in [-0.3, -0.25) is 9.59 Å². The van der Waals surface area contributed by atoms with Crippen LogP contribution in [0, 0.1) is 6.92 Å². The largest absolute Gasteiger partial charge is 0.318 e. The molecule has 0 saturated carbocycles. The maximum Gasteiger partial charge on any atom is 0.314 e. The second-order valence-electron chi connectivity index (χ2n) is 5.55. The summed E-state index contributed by atoms with van der Waals surface area (Å²) in [5, 5.41) is 5.16. The smallest absolute Gasteiger partial charge is 0.314 e. The quantitative estimate of drug-likeness (QED) is 0.849. The molecule has 0 unspecified atom stereocenters. The molecule has 0 bridgehead atoms. The Labute approximate surface area is 130 Å². The Hall–Kier alpha value is -2.62. The molecule has 22 heavy (non-hydrogen) atoms. The van der Waals surface area contributed by atoms with E-state index in [9.17, 15) is 9.59 Å². The second kappa shape index (κ2) is 6.89. The van der Waals surface area contributed by atoms with E-state index in [1.54, 1.807) is 24.3 Å². The Balaban J connectivity index is 1.96. The van der Waals surface area contributed by atoms with Crippen molar-refractivity contribution in [3.8, 4) is 0 Å². The van der Waals surface area contributed by atoms with Gasteiger partial charge in [-0.25, -0.2) is 0 Å². The first kappa shape index (κ1) is 15.8. The highest BCUT2D eigenvalue weighted by Gasteiger charge is 2.14. The molecular formula is C18H20N2O2. The Morgan fingerprint density at radius 3 is 1.59 bits per heavy atom. The number of benzene rings is 2. The van der Waals surface area contributed by atoms with Gasteiger partial charge in [-0.1, -0.05) is 43.7 Å². The maximum absolute atomic E-state index is 11.9. The van der Waals surface area contributed by atoms with E-state index in [0.29, 0.717) is 17.3 Å². The Morgan fingerprint density at radius 1 is 0.773 bits per heavy atom. The molecule has 0 heterocycles. The number of aryl methyl sites for hydroxylation is 1. The Kier molecular flexibility index (Phi) is 4.94. The normalized spacial score (nSPS) is 10.4. The molecule has 2 N–H and O–H groups in total. The number of carbonyl (C=O) groups is 2. The van der Waals surface area contributed by atoms with Crippen molar-refractivity contribution >= 4 is 23.2 Å². The molecule has 4 nitrogen and oxygen atoms in total. The number of hydrogen-bond donors (Lipinski definition) is 2. The molecule has 4 heteroatoms. The molecule has 0 aromatic heterocycles. The van der Waals surface area contributed by atoms with E-state index >= 15 is 0 Å². The third-order valence-corrected chi connectivity index (χ3v) is 3.35. The molecule has 2 rings (SSSR count). The standard InChI is InChI=1S/C18H20N2O2/c1-12(2)14-6-10-16(11-7-14)20-18(22)17(21)19-15-8-4-13(3)5-9-15/h4-12H,1-3H3,(H,19,21)(H,20,22). The first-order chi connectivity index (χ1) is 10.5. The fourth-order valence-corrected chi connectivity index (χ4v) is 1.96. The lowest BCUT2D eigenvalue weighted by Crippen LogP contribution is -2.29. The second-order valence-corrected chi connectivity index (χ2v) is 5.55. The van der Waals surface area contributed by atoms with E-state index in [4.69, 9.17) is 0 Å². The maximum atomic E-state index is 11.9. The summed E-state index contributed by atoms with van der Waals surface area (Å²) in [6.45, 7) is 6.16. The molecule has 0 spiro atoms. The van der Waals surface area contributed by atoms with Crippen LogP contribution in [0.25, 0.3) is 0 Å². The number of amides is 2. The van der Waals surface area contributed by atoms with Crippen LogP contribution in [0.1, 0.15) is 30.9 Å². The third-order valence-electron chi connectivity index (χ3n) is 3.35. The van der Waals surface area contributed by atoms with Crippen LogP contribution in [0.15, 0.2) is 48.5 Å². The number of carbonyl (C=O) groups excluding carboxylic acids is 2. The number of rotatable bonds is 3. The molecule has 2 aromatic carbocycles. The summed E-state index contributed by atoms with van der Waals surface area (Å²) in [5.74, 6) is -0.941. The number of nitrogens with one attached hydrogen (secondary N) is 2. The van der Waals surface area contributed by atoms with Gasteiger partial charge in [0.2, 0.25) is 0 Å². The molecule has 114 valence electrons. The SMILES string of the molecule is Cc1ccc(NC(=O)C(=O)Nc2ccc(C(C)C)cc2)cc1. The molecule has 0 aliphatic carbocycles. The minimum atomic E-state index is -0.684. The van der Waals surface area contributed by atoms with Crippen molar-refractivity contribution in [2.45, 2.75) is 26.7 Å². The molecule has 0 aliphatic rings. The number of hydrogen-bond acceptors (Lipinski definition) is 2. The molecule has 0 saturated heterocycles. The summed E-state index contributed by atoms with van der Waals surface area (Å²) in [4.78, 5) is 23.7. The number of anilines is 2. The molecule has 0 fully saturated rings. The van der Waals surface area contributed by atoms with E-state index in [1.807, 2.05) is 31.2 Å². The highest BCUT2D eigenvalue weighted by atomic mass is 16.2. The van der Waals surface area contributed by atoms with E-state index in [2.05, 4.69) is 24.5 Å². The zero-order valence-corrected chi connectivity index (χ0v) is 13.0. The van der Waals surface area contributed by atoms with Crippen molar-refractivity contribution in [3.05, 3.63) is 59.7 Å². The molecular weight excluding hydrogens is 276 g/mol. The van der Waals surface area contributed by atoms with Crippen molar-refractivity contribution in [2.75, 3.05) is 10.6 Å². The van der Waals surface area contributed by atoms with Crippen LogP contribution in [0.2, 0.25) is 0 Å². The van der Waals surface area contributed by atoms with Crippen molar-refractivity contribution in [1.82, 2.24) is 0 Å². The lowest BCUT2D eigenvalue weighted by molar-refractivity contribution is -0.132. The first-order valence-electron chi connectivity index (χ1n) is 7.24.